The first kappa shape index (κ1) is 13.1. The fraction of sp³-hybridized carbons (Fsp3) is 0.533. The molecular weight excluding hydrogens is 226 g/mol. The number of methoxy groups -OCH3 is 1. The lowest BCUT2D eigenvalue weighted by atomic mass is 9.94. The molecule has 1 aromatic carbocycles. The molecule has 0 amide bonds. The Kier molecular flexibility index (Phi) is 4.76. The Morgan fingerprint density at radius 3 is 2.89 bits per heavy atom. The molecule has 1 aliphatic heterocycles. The van der Waals surface area contributed by atoms with Gasteiger partial charge in [-0.05, 0) is 30.9 Å². The molecular formula is C15H21NO2. The maximum Gasteiger partial charge on any atom is 0.305 e. The van der Waals surface area contributed by atoms with Gasteiger partial charge in [-0.2, -0.15) is 0 Å². The van der Waals surface area contributed by atoms with Gasteiger partial charge in [-0.15, -0.1) is 0 Å². The standard InChI is InChI=1S/C15H21NO2/c1-18-15(17)10-14-8-5-9-16(12-14)11-13-6-3-2-4-7-13/h2-4,6-7,14H,5,8-12H2,1H3. The molecule has 1 atom stereocenters. The van der Waals surface area contributed by atoms with Crippen molar-refractivity contribution in [3.8, 4) is 0 Å². The molecule has 0 aromatic heterocycles. The Balaban J connectivity index is 1.85. The van der Waals surface area contributed by atoms with Crippen LogP contribution in [0.15, 0.2) is 30.3 Å². The summed E-state index contributed by atoms with van der Waals surface area (Å²) in [7, 11) is 1.47. The SMILES string of the molecule is COC(=O)CC1CCCN(Cc2ccccc2)C1. The van der Waals surface area contributed by atoms with E-state index in [-0.39, 0.29) is 5.97 Å². The Hall–Kier alpha value is -1.35. The monoisotopic (exact) mass is 247 g/mol. The fourth-order valence-electron chi connectivity index (χ4n) is 2.62. The number of likely N-dealkylation sites (tertiary alicyclic amines) is 1. The number of carbonyl (C=O) groups is 1. The Morgan fingerprint density at radius 2 is 2.17 bits per heavy atom. The van der Waals surface area contributed by atoms with Crippen molar-refractivity contribution in [3.63, 3.8) is 0 Å². The fourth-order valence-corrected chi connectivity index (χ4v) is 2.62. The van der Waals surface area contributed by atoms with Crippen LogP contribution in [-0.2, 0) is 16.1 Å². The molecule has 0 bridgehead atoms. The van der Waals surface area contributed by atoms with Crippen molar-refractivity contribution >= 4 is 5.97 Å². The van der Waals surface area contributed by atoms with Crippen molar-refractivity contribution < 1.29 is 9.53 Å². The van der Waals surface area contributed by atoms with E-state index in [2.05, 4.69) is 29.2 Å². The quantitative estimate of drug-likeness (QED) is 0.765. The van der Waals surface area contributed by atoms with E-state index in [0.29, 0.717) is 12.3 Å². The third-order valence-electron chi connectivity index (χ3n) is 3.54. The van der Waals surface area contributed by atoms with Crippen molar-refractivity contribution in [2.75, 3.05) is 20.2 Å². The Morgan fingerprint density at radius 1 is 1.39 bits per heavy atom. The molecule has 0 spiro atoms. The number of rotatable bonds is 4. The molecule has 18 heavy (non-hydrogen) atoms. The number of ether oxygens (including phenoxy) is 1. The van der Waals surface area contributed by atoms with Gasteiger partial charge in [0.2, 0.25) is 0 Å². The second-order valence-electron chi connectivity index (χ2n) is 5.01. The molecule has 0 N–H and O–H groups in total. The van der Waals surface area contributed by atoms with Crippen LogP contribution in [0, 0.1) is 5.92 Å². The molecule has 0 radical (unpaired) electrons. The van der Waals surface area contributed by atoms with Crippen molar-refractivity contribution in [2.45, 2.75) is 25.8 Å². The van der Waals surface area contributed by atoms with Crippen LogP contribution in [0.4, 0.5) is 0 Å². The molecule has 0 saturated carbocycles. The first-order chi connectivity index (χ1) is 8.78. The smallest absolute Gasteiger partial charge is 0.305 e. The zero-order valence-electron chi connectivity index (χ0n) is 11.0. The summed E-state index contributed by atoms with van der Waals surface area (Å²) in [6, 6.07) is 10.5. The first-order valence-corrected chi connectivity index (χ1v) is 6.61. The van der Waals surface area contributed by atoms with Crippen LogP contribution in [0.25, 0.3) is 0 Å². The van der Waals surface area contributed by atoms with Crippen LogP contribution >= 0.6 is 0 Å². The summed E-state index contributed by atoms with van der Waals surface area (Å²) >= 11 is 0. The lowest BCUT2D eigenvalue weighted by Gasteiger charge is -2.32. The number of carbonyl (C=O) groups excluding carboxylic acids is 1. The first-order valence-electron chi connectivity index (χ1n) is 6.61. The second-order valence-corrected chi connectivity index (χ2v) is 5.01. The number of hydrogen-bond acceptors (Lipinski definition) is 3. The predicted octanol–water partition coefficient (Wildman–Crippen LogP) is 2.46. The summed E-state index contributed by atoms with van der Waals surface area (Å²) in [5.74, 6) is 0.372. The minimum atomic E-state index is -0.0819. The third-order valence-corrected chi connectivity index (χ3v) is 3.54. The largest absolute Gasteiger partial charge is 0.469 e. The van der Waals surface area contributed by atoms with Gasteiger partial charge in [0.25, 0.3) is 0 Å². The molecule has 2 rings (SSSR count). The van der Waals surface area contributed by atoms with Gasteiger partial charge in [0, 0.05) is 19.5 Å². The topological polar surface area (TPSA) is 29.5 Å². The molecule has 0 aliphatic carbocycles. The molecule has 98 valence electrons. The lowest BCUT2D eigenvalue weighted by molar-refractivity contribution is -0.142. The number of piperidine rings is 1. The molecule has 1 unspecified atom stereocenters. The lowest BCUT2D eigenvalue weighted by Crippen LogP contribution is -2.35. The summed E-state index contributed by atoms with van der Waals surface area (Å²) in [6.07, 6.45) is 2.87. The molecule has 1 fully saturated rings. The van der Waals surface area contributed by atoms with Gasteiger partial charge in [-0.3, -0.25) is 9.69 Å². The molecule has 3 nitrogen and oxygen atoms in total. The van der Waals surface area contributed by atoms with Gasteiger partial charge in [0.15, 0.2) is 0 Å². The molecule has 1 aromatic rings. The highest BCUT2D eigenvalue weighted by Gasteiger charge is 2.22. The summed E-state index contributed by atoms with van der Waals surface area (Å²) in [5.41, 5.74) is 1.34. The summed E-state index contributed by atoms with van der Waals surface area (Å²) in [6.45, 7) is 3.12. The number of nitrogens with zero attached hydrogens (tertiary/aromatic N) is 1. The highest BCUT2D eigenvalue weighted by molar-refractivity contribution is 5.69. The van der Waals surface area contributed by atoms with Crippen molar-refractivity contribution in [1.82, 2.24) is 4.90 Å². The molecule has 1 saturated heterocycles. The summed E-state index contributed by atoms with van der Waals surface area (Å²) in [4.78, 5) is 13.7. The predicted molar refractivity (Wildman–Crippen MR) is 71.1 cm³/mol. The van der Waals surface area contributed by atoms with Crippen LogP contribution in [0.2, 0.25) is 0 Å². The van der Waals surface area contributed by atoms with E-state index in [1.54, 1.807) is 0 Å². The summed E-state index contributed by atoms with van der Waals surface area (Å²) in [5, 5.41) is 0. The van der Waals surface area contributed by atoms with Gasteiger partial charge < -0.3 is 4.74 Å². The minimum absolute atomic E-state index is 0.0819. The highest BCUT2D eigenvalue weighted by atomic mass is 16.5. The number of hydrogen-bond donors (Lipinski definition) is 0. The number of benzene rings is 1. The van der Waals surface area contributed by atoms with E-state index < -0.39 is 0 Å². The van der Waals surface area contributed by atoms with E-state index in [9.17, 15) is 4.79 Å². The van der Waals surface area contributed by atoms with Crippen molar-refractivity contribution in [2.24, 2.45) is 5.92 Å². The van der Waals surface area contributed by atoms with Crippen LogP contribution in [-0.4, -0.2) is 31.1 Å². The molecule has 1 aliphatic rings. The van der Waals surface area contributed by atoms with Crippen LogP contribution in [0.3, 0.4) is 0 Å². The van der Waals surface area contributed by atoms with Crippen LogP contribution < -0.4 is 0 Å². The van der Waals surface area contributed by atoms with E-state index in [1.165, 1.54) is 19.1 Å². The maximum absolute atomic E-state index is 11.3. The van der Waals surface area contributed by atoms with E-state index >= 15 is 0 Å². The molecule has 1 heterocycles. The van der Waals surface area contributed by atoms with Crippen LogP contribution in [0.5, 0.6) is 0 Å². The van der Waals surface area contributed by atoms with E-state index in [4.69, 9.17) is 4.74 Å². The van der Waals surface area contributed by atoms with Crippen molar-refractivity contribution in [3.05, 3.63) is 35.9 Å². The average molecular weight is 247 g/mol. The van der Waals surface area contributed by atoms with E-state index in [1.807, 2.05) is 6.07 Å². The normalized spacial score (nSPS) is 20.6. The minimum Gasteiger partial charge on any atom is -0.469 e. The van der Waals surface area contributed by atoms with Gasteiger partial charge in [0.05, 0.1) is 7.11 Å². The highest BCUT2D eigenvalue weighted by Crippen LogP contribution is 2.21. The molecule has 3 heteroatoms. The van der Waals surface area contributed by atoms with Gasteiger partial charge in [0.1, 0.15) is 0 Å². The van der Waals surface area contributed by atoms with Gasteiger partial charge in [-0.25, -0.2) is 0 Å². The average Bonchev–Trinajstić information content (AvgIpc) is 2.40. The maximum atomic E-state index is 11.3. The zero-order valence-corrected chi connectivity index (χ0v) is 11.0. The van der Waals surface area contributed by atoms with Crippen molar-refractivity contribution in [1.29, 1.82) is 0 Å². The van der Waals surface area contributed by atoms with Gasteiger partial charge >= 0.3 is 5.97 Å². The van der Waals surface area contributed by atoms with Gasteiger partial charge in [-0.1, -0.05) is 30.3 Å². The third kappa shape index (κ3) is 3.84. The van der Waals surface area contributed by atoms with Crippen LogP contribution in [0.1, 0.15) is 24.8 Å². The summed E-state index contributed by atoms with van der Waals surface area (Å²) < 4.78 is 4.75. The Bertz CT molecular complexity index is 377. The zero-order chi connectivity index (χ0) is 12.8. The second kappa shape index (κ2) is 6.55. The van der Waals surface area contributed by atoms with E-state index in [0.717, 1.165) is 26.1 Å². The Labute approximate surface area is 109 Å². The number of esters is 1.